The van der Waals surface area contributed by atoms with E-state index < -0.39 is 19.5 Å². The molecule has 0 N–H and O–H groups in total. The molecule has 0 heterocycles. The van der Waals surface area contributed by atoms with Gasteiger partial charge in [0.25, 0.3) is 0 Å². The topological polar surface area (TPSA) is 72.4 Å². The second-order valence-corrected chi connectivity index (χ2v) is 6.62. The van der Waals surface area contributed by atoms with Crippen molar-refractivity contribution in [3.05, 3.63) is 20.6 Å². The van der Waals surface area contributed by atoms with Crippen LogP contribution in [0.1, 0.15) is 54.4 Å². The smallest absolute Gasteiger partial charge is 0.153 e. The second-order valence-electron chi connectivity index (χ2n) is 5.20. The predicted molar refractivity (Wildman–Crippen MR) is 77.7 cm³/mol. The van der Waals surface area contributed by atoms with Crippen LogP contribution in [0.2, 0.25) is 0 Å². The summed E-state index contributed by atoms with van der Waals surface area (Å²) in [5.74, 6) is -0.0363. The van der Waals surface area contributed by atoms with Crippen molar-refractivity contribution in [1.29, 1.82) is 0 Å². The van der Waals surface area contributed by atoms with Gasteiger partial charge < -0.3 is 10.2 Å². The normalized spacial score (nSPS) is 15.5. The molecular formula is C16H28O4Ti. The number of carbonyl (C=O) groups excluding carboxylic acids is 1. The van der Waals surface area contributed by atoms with Crippen LogP contribution < -0.4 is 10.2 Å². The van der Waals surface area contributed by atoms with Crippen molar-refractivity contribution in [2.45, 2.75) is 54.4 Å². The van der Waals surface area contributed by atoms with Gasteiger partial charge in [0.05, 0.1) is 0 Å². The van der Waals surface area contributed by atoms with Gasteiger partial charge in [0.2, 0.25) is 0 Å². The average Bonchev–Trinajstić information content (AvgIpc) is 2.62. The van der Waals surface area contributed by atoms with Gasteiger partial charge in [-0.1, -0.05) is 0 Å². The van der Waals surface area contributed by atoms with Gasteiger partial charge in [0, 0.05) is 0 Å². The summed E-state index contributed by atoms with van der Waals surface area (Å²) in [6.07, 6.45) is 1.41. The maximum atomic E-state index is 11.5. The SMILES string of the molecule is CCCC(=O)[O][Ti+2][C]1=C(C)C(C)=C(C)C1(C)C.C[O-].C[O-]. The maximum absolute atomic E-state index is 11.5. The molecule has 4 nitrogen and oxygen atoms in total. The Labute approximate surface area is 138 Å². The number of hydrogen-bond acceptors (Lipinski definition) is 4. The van der Waals surface area contributed by atoms with Gasteiger partial charge >= 0.3 is 114 Å². The van der Waals surface area contributed by atoms with Crippen molar-refractivity contribution in [3.63, 3.8) is 0 Å². The average molecular weight is 332 g/mol. The molecule has 1 aliphatic carbocycles. The van der Waals surface area contributed by atoms with Crippen LogP contribution in [0.4, 0.5) is 0 Å². The first-order valence-corrected chi connectivity index (χ1v) is 8.41. The molecule has 0 unspecified atom stereocenters. The summed E-state index contributed by atoms with van der Waals surface area (Å²) in [5, 5.41) is 16.5. The molecule has 5 heteroatoms. The Hall–Kier alpha value is -0.416. The molecule has 0 aromatic carbocycles. The van der Waals surface area contributed by atoms with Crippen LogP contribution in [0.3, 0.4) is 0 Å². The Balaban J connectivity index is 0. The molecule has 0 saturated heterocycles. The molecular weight excluding hydrogens is 304 g/mol. The van der Waals surface area contributed by atoms with Gasteiger partial charge in [-0.2, -0.15) is 14.2 Å². The van der Waals surface area contributed by atoms with E-state index in [1.165, 1.54) is 20.6 Å². The van der Waals surface area contributed by atoms with Crippen molar-refractivity contribution in [3.8, 4) is 0 Å². The number of allylic oxidation sites excluding steroid dienone is 4. The van der Waals surface area contributed by atoms with Gasteiger partial charge in [-0.3, -0.25) is 0 Å². The molecule has 0 aromatic rings. The van der Waals surface area contributed by atoms with E-state index in [-0.39, 0.29) is 11.4 Å². The molecule has 0 saturated carbocycles. The van der Waals surface area contributed by atoms with Gasteiger partial charge in [0.1, 0.15) is 0 Å². The molecule has 21 heavy (non-hydrogen) atoms. The molecule has 0 radical (unpaired) electrons. The largest absolute Gasteiger partial charge is 0.857 e. The van der Waals surface area contributed by atoms with Crippen LogP contribution in [0.5, 0.6) is 0 Å². The zero-order chi connectivity index (χ0) is 17.2. The van der Waals surface area contributed by atoms with Crippen molar-refractivity contribution in [2.75, 3.05) is 14.2 Å². The van der Waals surface area contributed by atoms with E-state index in [4.69, 9.17) is 13.5 Å². The first kappa shape index (κ1) is 22.9. The van der Waals surface area contributed by atoms with E-state index in [0.29, 0.717) is 6.42 Å². The Morgan fingerprint density at radius 1 is 1.10 bits per heavy atom. The second kappa shape index (κ2) is 11.2. The summed E-state index contributed by atoms with van der Waals surface area (Å²) in [4.78, 5) is 11.5. The third-order valence-electron chi connectivity index (χ3n) is 3.78. The number of carbonyl (C=O) groups is 1. The molecule has 0 atom stereocenters. The molecule has 1 rings (SSSR count). The summed E-state index contributed by atoms with van der Waals surface area (Å²) in [6, 6.07) is 0. The summed E-state index contributed by atoms with van der Waals surface area (Å²) in [7, 11) is 1.50. The molecule has 0 amide bonds. The van der Waals surface area contributed by atoms with E-state index in [1.807, 2.05) is 6.92 Å². The Bertz CT molecular complexity index is 395. The Kier molecular flexibility index (Phi) is 12.2. The molecule has 0 bridgehead atoms. The quantitative estimate of drug-likeness (QED) is 0.738. The zero-order valence-corrected chi connectivity index (χ0v) is 16.1. The third-order valence-corrected chi connectivity index (χ3v) is 6.18. The van der Waals surface area contributed by atoms with E-state index in [9.17, 15) is 4.79 Å². The third kappa shape index (κ3) is 6.07. The first-order chi connectivity index (χ1) is 9.82. The minimum atomic E-state index is -0.772. The summed E-state index contributed by atoms with van der Waals surface area (Å²) >= 11 is -0.772. The van der Waals surface area contributed by atoms with Crippen molar-refractivity contribution in [1.82, 2.24) is 0 Å². The van der Waals surface area contributed by atoms with Crippen molar-refractivity contribution >= 4 is 5.97 Å². The van der Waals surface area contributed by atoms with E-state index in [0.717, 1.165) is 20.6 Å². The van der Waals surface area contributed by atoms with Gasteiger partial charge in [0.15, 0.2) is 0 Å². The van der Waals surface area contributed by atoms with Crippen LogP contribution in [0.25, 0.3) is 0 Å². The molecule has 0 spiro atoms. The molecule has 0 fully saturated rings. The fourth-order valence-corrected chi connectivity index (χ4v) is 3.88. The fourth-order valence-electron chi connectivity index (χ4n) is 2.16. The molecule has 0 aliphatic heterocycles. The minimum absolute atomic E-state index is 0.0363. The van der Waals surface area contributed by atoms with Crippen molar-refractivity contribution in [2.24, 2.45) is 5.41 Å². The summed E-state index contributed by atoms with van der Waals surface area (Å²) < 4.78 is 6.84. The first-order valence-electron chi connectivity index (χ1n) is 6.99. The van der Waals surface area contributed by atoms with Gasteiger partial charge in [-0.05, 0) is 0 Å². The van der Waals surface area contributed by atoms with E-state index >= 15 is 0 Å². The Morgan fingerprint density at radius 2 is 1.57 bits per heavy atom. The molecule has 1 aliphatic rings. The predicted octanol–water partition coefficient (Wildman–Crippen LogP) is 1.93. The zero-order valence-electron chi connectivity index (χ0n) is 14.5. The summed E-state index contributed by atoms with van der Waals surface area (Å²) in [5.41, 5.74) is 4.22. The van der Waals surface area contributed by atoms with E-state index in [2.05, 4.69) is 34.6 Å². The van der Waals surface area contributed by atoms with Crippen LogP contribution in [0, 0.1) is 5.41 Å². The van der Waals surface area contributed by atoms with Crippen LogP contribution in [0.15, 0.2) is 20.6 Å². The monoisotopic (exact) mass is 332 g/mol. The molecule has 120 valence electrons. The van der Waals surface area contributed by atoms with Crippen molar-refractivity contribution < 1.29 is 37.9 Å². The molecule has 0 aromatic heterocycles. The fraction of sp³-hybridized carbons (Fsp3) is 0.688. The standard InChI is InChI=1S/C10H15.C4H8O2.2CH3O.Ti/c1-7-6-10(4,5)9(3)8(7)2;1-2-3-4(5)6;2*1-2;/h1-5H3;2-3H2,1H3,(H,5,6);2*1H3;/q;;2*-1;+3/p-1. The number of hydrogen-bond donors (Lipinski definition) is 0. The number of rotatable bonds is 4. The van der Waals surface area contributed by atoms with E-state index in [1.54, 1.807) is 0 Å². The summed E-state index contributed by atoms with van der Waals surface area (Å²) in [6.45, 7) is 13.0. The van der Waals surface area contributed by atoms with Gasteiger partial charge in [-0.25, -0.2) is 0 Å². The van der Waals surface area contributed by atoms with Crippen LogP contribution in [-0.4, -0.2) is 20.2 Å². The maximum Gasteiger partial charge on any atom is -0.153 e. The van der Waals surface area contributed by atoms with Gasteiger partial charge in [-0.15, -0.1) is 0 Å². The van der Waals surface area contributed by atoms with Crippen LogP contribution in [-0.2, 0) is 27.7 Å². The Morgan fingerprint density at radius 3 is 1.90 bits per heavy atom. The van der Waals surface area contributed by atoms with Crippen LogP contribution >= 0.6 is 0 Å². The minimum Gasteiger partial charge on any atom is -0.857 e.